The molecule has 0 atom stereocenters. The highest BCUT2D eigenvalue weighted by Gasteiger charge is 2.19. The van der Waals surface area contributed by atoms with Crippen molar-refractivity contribution in [3.63, 3.8) is 0 Å². The molecule has 1 aliphatic heterocycles. The van der Waals surface area contributed by atoms with Crippen LogP contribution in [0.1, 0.15) is 16.7 Å². The van der Waals surface area contributed by atoms with E-state index in [0.29, 0.717) is 6.54 Å². The summed E-state index contributed by atoms with van der Waals surface area (Å²) in [6, 6.07) is 12.1. The first-order chi connectivity index (χ1) is 14.0. The van der Waals surface area contributed by atoms with E-state index in [1.165, 1.54) is 16.7 Å². The maximum Gasteiger partial charge on any atom is 0.238 e. The number of piperazine rings is 1. The van der Waals surface area contributed by atoms with Crippen LogP contribution in [-0.4, -0.2) is 62.7 Å². The Hall–Kier alpha value is -2.57. The molecule has 0 aromatic heterocycles. The van der Waals surface area contributed by atoms with Crippen LogP contribution in [0.4, 0.5) is 5.69 Å². The fourth-order valence-corrected chi connectivity index (χ4v) is 3.57. The second-order valence-electron chi connectivity index (χ2n) is 7.59. The lowest BCUT2D eigenvalue weighted by molar-refractivity contribution is -0.117. The van der Waals surface area contributed by atoms with Crippen LogP contribution in [0.5, 0.6) is 11.5 Å². The number of nitrogens with one attached hydrogen (secondary N) is 1. The van der Waals surface area contributed by atoms with Crippen molar-refractivity contribution in [2.45, 2.75) is 20.4 Å². The fraction of sp³-hybridized carbons (Fsp3) is 0.435. The Morgan fingerprint density at radius 2 is 1.59 bits per heavy atom. The van der Waals surface area contributed by atoms with Gasteiger partial charge >= 0.3 is 0 Å². The highest BCUT2D eigenvalue weighted by Crippen LogP contribution is 2.28. The molecule has 1 heterocycles. The summed E-state index contributed by atoms with van der Waals surface area (Å²) >= 11 is 0. The van der Waals surface area contributed by atoms with Gasteiger partial charge in [0, 0.05) is 38.4 Å². The van der Waals surface area contributed by atoms with Gasteiger partial charge in [-0.1, -0.05) is 12.1 Å². The molecule has 0 aliphatic carbocycles. The Labute approximate surface area is 173 Å². The maximum absolute atomic E-state index is 12.4. The third kappa shape index (κ3) is 5.71. The summed E-state index contributed by atoms with van der Waals surface area (Å²) in [5.41, 5.74) is 4.48. The molecule has 6 heteroatoms. The van der Waals surface area contributed by atoms with E-state index < -0.39 is 0 Å². The van der Waals surface area contributed by atoms with Gasteiger partial charge in [-0.3, -0.25) is 14.6 Å². The van der Waals surface area contributed by atoms with Crippen molar-refractivity contribution < 1.29 is 14.3 Å². The number of ether oxygens (including phenoxy) is 2. The third-order valence-corrected chi connectivity index (χ3v) is 5.48. The molecule has 2 aromatic rings. The van der Waals surface area contributed by atoms with Gasteiger partial charge in [-0.05, 0) is 54.8 Å². The Morgan fingerprint density at radius 3 is 2.24 bits per heavy atom. The lowest BCUT2D eigenvalue weighted by Gasteiger charge is -2.34. The highest BCUT2D eigenvalue weighted by molar-refractivity contribution is 5.92. The largest absolute Gasteiger partial charge is 0.493 e. The quantitative estimate of drug-likeness (QED) is 0.778. The molecule has 29 heavy (non-hydrogen) atoms. The molecule has 3 rings (SSSR count). The molecular formula is C23H31N3O3. The molecule has 156 valence electrons. The Bertz CT molecular complexity index is 845. The lowest BCUT2D eigenvalue weighted by atomic mass is 10.1. The van der Waals surface area contributed by atoms with Gasteiger partial charge in [0.15, 0.2) is 11.5 Å². The van der Waals surface area contributed by atoms with E-state index in [-0.39, 0.29) is 5.91 Å². The zero-order chi connectivity index (χ0) is 20.8. The normalized spacial score (nSPS) is 15.2. The molecule has 1 aliphatic rings. The summed E-state index contributed by atoms with van der Waals surface area (Å²) in [7, 11) is 3.30. The van der Waals surface area contributed by atoms with Crippen LogP contribution < -0.4 is 14.8 Å². The maximum atomic E-state index is 12.4. The van der Waals surface area contributed by atoms with Gasteiger partial charge in [0.05, 0.1) is 20.8 Å². The van der Waals surface area contributed by atoms with Crippen molar-refractivity contribution in [3.8, 4) is 11.5 Å². The Kier molecular flexibility index (Phi) is 7.12. The zero-order valence-corrected chi connectivity index (χ0v) is 17.8. The van der Waals surface area contributed by atoms with Crippen molar-refractivity contribution in [2.75, 3.05) is 52.3 Å². The average Bonchev–Trinajstić information content (AvgIpc) is 2.72. The molecular weight excluding hydrogens is 366 g/mol. The summed E-state index contributed by atoms with van der Waals surface area (Å²) in [5, 5.41) is 3.01. The van der Waals surface area contributed by atoms with Crippen LogP contribution in [0.25, 0.3) is 0 Å². The van der Waals surface area contributed by atoms with E-state index in [4.69, 9.17) is 9.47 Å². The molecule has 0 spiro atoms. The fourth-order valence-electron chi connectivity index (χ4n) is 3.57. The molecule has 0 bridgehead atoms. The standard InChI is InChI=1S/C23H31N3O3/c1-17-5-7-20(13-18(17)2)24-23(27)16-26-11-9-25(10-12-26)15-19-6-8-21(28-3)22(14-19)29-4/h5-8,13-14H,9-12,15-16H2,1-4H3,(H,24,27). The second kappa shape index (κ2) is 9.76. The third-order valence-electron chi connectivity index (χ3n) is 5.48. The van der Waals surface area contributed by atoms with E-state index in [0.717, 1.165) is 49.9 Å². The second-order valence-corrected chi connectivity index (χ2v) is 7.59. The molecule has 6 nitrogen and oxygen atoms in total. The van der Waals surface area contributed by atoms with Gasteiger partial charge in [0.2, 0.25) is 5.91 Å². The number of hydrogen-bond donors (Lipinski definition) is 1. The van der Waals surface area contributed by atoms with Crippen LogP contribution in [0.3, 0.4) is 0 Å². The number of methoxy groups -OCH3 is 2. The van der Waals surface area contributed by atoms with Gasteiger partial charge in [0.25, 0.3) is 0 Å². The summed E-state index contributed by atoms with van der Waals surface area (Å²) < 4.78 is 10.7. The number of aryl methyl sites for hydroxylation is 2. The molecule has 1 saturated heterocycles. The number of hydrogen-bond acceptors (Lipinski definition) is 5. The van der Waals surface area contributed by atoms with Crippen LogP contribution in [-0.2, 0) is 11.3 Å². The van der Waals surface area contributed by atoms with Crippen molar-refractivity contribution in [3.05, 3.63) is 53.1 Å². The predicted molar refractivity (Wildman–Crippen MR) is 116 cm³/mol. The van der Waals surface area contributed by atoms with E-state index in [2.05, 4.69) is 35.0 Å². The number of anilines is 1. The first-order valence-corrected chi connectivity index (χ1v) is 10.0. The SMILES string of the molecule is COc1ccc(CN2CCN(CC(=O)Nc3ccc(C)c(C)c3)CC2)cc1OC. The monoisotopic (exact) mass is 397 g/mol. The number of nitrogens with zero attached hydrogens (tertiary/aromatic N) is 2. The van der Waals surface area contributed by atoms with Gasteiger partial charge in [-0.2, -0.15) is 0 Å². The minimum atomic E-state index is 0.0431. The van der Waals surface area contributed by atoms with E-state index in [1.54, 1.807) is 14.2 Å². The zero-order valence-electron chi connectivity index (χ0n) is 17.8. The van der Waals surface area contributed by atoms with Gasteiger partial charge in [0.1, 0.15) is 0 Å². The smallest absolute Gasteiger partial charge is 0.238 e. The van der Waals surface area contributed by atoms with Gasteiger partial charge < -0.3 is 14.8 Å². The first kappa shape index (κ1) is 21.1. The summed E-state index contributed by atoms with van der Waals surface area (Å²) in [6.45, 7) is 9.06. The van der Waals surface area contributed by atoms with E-state index in [9.17, 15) is 4.79 Å². The number of carbonyl (C=O) groups is 1. The number of rotatable bonds is 7. The summed E-state index contributed by atoms with van der Waals surface area (Å²) in [6.07, 6.45) is 0. The number of amides is 1. The lowest BCUT2D eigenvalue weighted by Crippen LogP contribution is -2.48. The van der Waals surface area contributed by atoms with Crippen molar-refractivity contribution in [2.24, 2.45) is 0 Å². The summed E-state index contributed by atoms with van der Waals surface area (Å²) in [5.74, 6) is 1.55. The molecule has 0 saturated carbocycles. The van der Waals surface area contributed by atoms with Crippen LogP contribution in [0, 0.1) is 13.8 Å². The van der Waals surface area contributed by atoms with Crippen LogP contribution >= 0.6 is 0 Å². The topological polar surface area (TPSA) is 54.0 Å². The van der Waals surface area contributed by atoms with Gasteiger partial charge in [-0.25, -0.2) is 0 Å². The Morgan fingerprint density at radius 1 is 0.897 bits per heavy atom. The van der Waals surface area contributed by atoms with Crippen molar-refractivity contribution >= 4 is 11.6 Å². The van der Waals surface area contributed by atoms with Crippen molar-refractivity contribution in [1.82, 2.24) is 9.80 Å². The van der Waals surface area contributed by atoms with E-state index in [1.807, 2.05) is 30.3 Å². The van der Waals surface area contributed by atoms with Gasteiger partial charge in [-0.15, -0.1) is 0 Å². The minimum absolute atomic E-state index is 0.0431. The molecule has 1 N–H and O–H groups in total. The highest BCUT2D eigenvalue weighted by atomic mass is 16.5. The van der Waals surface area contributed by atoms with Crippen LogP contribution in [0.15, 0.2) is 36.4 Å². The predicted octanol–water partition coefficient (Wildman–Crippen LogP) is 3.08. The summed E-state index contributed by atoms with van der Waals surface area (Å²) in [4.78, 5) is 17.0. The number of benzene rings is 2. The van der Waals surface area contributed by atoms with Crippen LogP contribution in [0.2, 0.25) is 0 Å². The molecule has 1 fully saturated rings. The first-order valence-electron chi connectivity index (χ1n) is 10.0. The molecule has 1 amide bonds. The van der Waals surface area contributed by atoms with E-state index >= 15 is 0 Å². The minimum Gasteiger partial charge on any atom is -0.493 e. The average molecular weight is 398 g/mol. The molecule has 2 aromatic carbocycles. The van der Waals surface area contributed by atoms with Crippen molar-refractivity contribution in [1.29, 1.82) is 0 Å². The number of carbonyl (C=O) groups excluding carboxylic acids is 1. The molecule has 0 unspecified atom stereocenters. The Balaban J connectivity index is 1.46. The molecule has 0 radical (unpaired) electrons.